The maximum Gasteiger partial charge on any atom is 0.166 e. The Bertz CT molecular complexity index is 871. The van der Waals surface area contributed by atoms with Crippen LogP contribution < -0.4 is 5.43 Å². The molecule has 0 saturated heterocycles. The van der Waals surface area contributed by atoms with E-state index in [0.29, 0.717) is 15.9 Å². The van der Waals surface area contributed by atoms with Crippen LogP contribution in [-0.4, -0.2) is 16.2 Å². The summed E-state index contributed by atoms with van der Waals surface area (Å²) >= 11 is 17.7. The fourth-order valence-corrected chi connectivity index (χ4v) is 2.69. The molecule has 2 N–H and O–H groups in total. The topological polar surface area (TPSA) is 53.1 Å². The Labute approximate surface area is 142 Å². The Morgan fingerprint density at radius 1 is 1.18 bits per heavy atom. The molecular formula is C15H11Cl3N4. The van der Waals surface area contributed by atoms with E-state index in [2.05, 4.69) is 20.5 Å². The summed E-state index contributed by atoms with van der Waals surface area (Å²) in [7, 11) is 0. The molecule has 2 aromatic heterocycles. The third-order valence-corrected chi connectivity index (χ3v) is 4.16. The van der Waals surface area contributed by atoms with Crippen LogP contribution in [0.1, 0.15) is 11.3 Å². The van der Waals surface area contributed by atoms with Crippen molar-refractivity contribution >= 4 is 57.7 Å². The van der Waals surface area contributed by atoms with Crippen LogP contribution in [0.25, 0.3) is 10.9 Å². The Morgan fingerprint density at radius 2 is 1.95 bits per heavy atom. The summed E-state index contributed by atoms with van der Waals surface area (Å²) in [6, 6.07) is 9.54. The second-order valence-electron chi connectivity index (χ2n) is 4.67. The lowest BCUT2D eigenvalue weighted by Crippen LogP contribution is -1.95. The molecule has 0 atom stereocenters. The molecule has 112 valence electrons. The van der Waals surface area contributed by atoms with Crippen molar-refractivity contribution in [2.24, 2.45) is 5.10 Å². The number of hydrogen-bond acceptors (Lipinski definition) is 3. The first kappa shape index (κ1) is 15.2. The number of halogens is 3. The van der Waals surface area contributed by atoms with Crippen molar-refractivity contribution in [3.63, 3.8) is 0 Å². The fourth-order valence-electron chi connectivity index (χ4n) is 2.15. The van der Waals surface area contributed by atoms with Gasteiger partial charge in [0, 0.05) is 22.2 Å². The minimum Gasteiger partial charge on any atom is -0.358 e. The molecule has 0 spiro atoms. The van der Waals surface area contributed by atoms with Crippen molar-refractivity contribution in [3.8, 4) is 0 Å². The normalized spacial score (nSPS) is 11.5. The number of benzene rings is 1. The van der Waals surface area contributed by atoms with Crippen LogP contribution >= 0.6 is 34.8 Å². The minimum absolute atomic E-state index is 0.173. The predicted molar refractivity (Wildman–Crippen MR) is 93.5 cm³/mol. The van der Waals surface area contributed by atoms with Crippen molar-refractivity contribution in [1.29, 1.82) is 0 Å². The number of aromatic nitrogens is 2. The third kappa shape index (κ3) is 2.90. The van der Waals surface area contributed by atoms with Crippen molar-refractivity contribution in [2.45, 2.75) is 6.92 Å². The van der Waals surface area contributed by atoms with E-state index in [9.17, 15) is 0 Å². The van der Waals surface area contributed by atoms with Crippen LogP contribution in [0.15, 0.2) is 35.4 Å². The Morgan fingerprint density at radius 3 is 2.77 bits per heavy atom. The molecule has 0 aliphatic rings. The van der Waals surface area contributed by atoms with Gasteiger partial charge in [0.05, 0.1) is 16.3 Å². The molecule has 0 aliphatic carbocycles. The zero-order chi connectivity index (χ0) is 15.7. The third-order valence-electron chi connectivity index (χ3n) is 3.19. The number of rotatable bonds is 3. The molecule has 0 bridgehead atoms. The van der Waals surface area contributed by atoms with Gasteiger partial charge in [-0.3, -0.25) is 5.43 Å². The number of nitrogens with one attached hydrogen (secondary N) is 2. The van der Waals surface area contributed by atoms with Crippen LogP contribution in [0.2, 0.25) is 15.2 Å². The highest BCUT2D eigenvalue weighted by Crippen LogP contribution is 2.28. The number of aromatic amines is 1. The summed E-state index contributed by atoms with van der Waals surface area (Å²) in [4.78, 5) is 7.35. The zero-order valence-corrected chi connectivity index (χ0v) is 13.8. The summed E-state index contributed by atoms with van der Waals surface area (Å²) in [6.45, 7) is 1.99. The molecule has 2 heterocycles. The van der Waals surface area contributed by atoms with Gasteiger partial charge in [0.25, 0.3) is 0 Å². The lowest BCUT2D eigenvalue weighted by molar-refractivity contribution is 1.23. The van der Waals surface area contributed by atoms with Crippen LogP contribution in [0.4, 0.5) is 5.82 Å². The van der Waals surface area contributed by atoms with E-state index in [-0.39, 0.29) is 5.15 Å². The highest BCUT2D eigenvalue weighted by atomic mass is 35.5. The molecule has 22 heavy (non-hydrogen) atoms. The minimum atomic E-state index is 0.173. The van der Waals surface area contributed by atoms with Gasteiger partial charge in [-0.15, -0.1) is 0 Å². The summed E-state index contributed by atoms with van der Waals surface area (Å²) < 4.78 is 0. The molecule has 7 heteroatoms. The number of para-hydroxylation sites is 1. The van der Waals surface area contributed by atoms with E-state index in [1.807, 2.05) is 31.2 Å². The number of nitrogens with zero attached hydrogens (tertiary/aromatic N) is 2. The molecular weight excluding hydrogens is 343 g/mol. The Kier molecular flexibility index (Phi) is 4.25. The molecule has 1 aromatic carbocycles. The highest BCUT2D eigenvalue weighted by Gasteiger charge is 2.08. The summed E-state index contributed by atoms with van der Waals surface area (Å²) in [5.74, 6) is 0.352. The first-order valence-corrected chi connectivity index (χ1v) is 7.57. The maximum atomic E-state index is 6.04. The first-order chi connectivity index (χ1) is 10.6. The van der Waals surface area contributed by atoms with Gasteiger partial charge in [0.15, 0.2) is 5.82 Å². The van der Waals surface area contributed by atoms with Crippen molar-refractivity contribution in [2.75, 3.05) is 5.43 Å². The lowest BCUT2D eigenvalue weighted by atomic mass is 10.1. The highest BCUT2D eigenvalue weighted by molar-refractivity contribution is 6.42. The van der Waals surface area contributed by atoms with Gasteiger partial charge in [-0.1, -0.05) is 53.0 Å². The van der Waals surface area contributed by atoms with E-state index in [4.69, 9.17) is 34.8 Å². The first-order valence-electron chi connectivity index (χ1n) is 6.44. The number of fused-ring (bicyclic) bond motifs is 1. The standard InChI is InChI=1S/C15H11Cl3N4/c1-8-10(9-4-2-3-5-13(9)20-8)7-19-22-15-12(17)6-11(16)14(18)21-15/h2-7,20H,1H3,(H,21,22)/b19-7+. The average Bonchev–Trinajstić information content (AvgIpc) is 2.80. The molecule has 4 nitrogen and oxygen atoms in total. The van der Waals surface area contributed by atoms with Gasteiger partial charge in [-0.2, -0.15) is 5.10 Å². The second kappa shape index (κ2) is 6.16. The second-order valence-corrected chi connectivity index (χ2v) is 5.84. The van der Waals surface area contributed by atoms with Gasteiger partial charge < -0.3 is 4.98 Å². The number of anilines is 1. The Hall–Kier alpha value is -1.75. The van der Waals surface area contributed by atoms with Gasteiger partial charge in [0.1, 0.15) is 5.15 Å². The number of hydrogen-bond donors (Lipinski definition) is 2. The van der Waals surface area contributed by atoms with Gasteiger partial charge >= 0.3 is 0 Å². The fraction of sp³-hybridized carbons (Fsp3) is 0.0667. The van der Waals surface area contributed by atoms with Gasteiger partial charge in [0.2, 0.25) is 0 Å². The Balaban J connectivity index is 1.88. The monoisotopic (exact) mass is 352 g/mol. The van der Waals surface area contributed by atoms with Crippen LogP contribution in [-0.2, 0) is 0 Å². The number of H-pyrrole nitrogens is 1. The van der Waals surface area contributed by atoms with Crippen LogP contribution in [0.3, 0.4) is 0 Å². The van der Waals surface area contributed by atoms with Crippen LogP contribution in [0.5, 0.6) is 0 Å². The molecule has 0 saturated carbocycles. The predicted octanol–water partition coefficient (Wildman–Crippen LogP) is 5.28. The quantitative estimate of drug-likeness (QED) is 0.382. The summed E-state index contributed by atoms with van der Waals surface area (Å²) in [5.41, 5.74) is 5.87. The van der Waals surface area contributed by atoms with Gasteiger partial charge in [-0.25, -0.2) is 4.98 Å². The number of aryl methyl sites for hydroxylation is 1. The molecule has 0 radical (unpaired) electrons. The van der Waals surface area contributed by atoms with Crippen molar-refractivity contribution < 1.29 is 0 Å². The van der Waals surface area contributed by atoms with E-state index >= 15 is 0 Å². The lowest BCUT2D eigenvalue weighted by Gasteiger charge is -2.04. The van der Waals surface area contributed by atoms with Crippen molar-refractivity contribution in [3.05, 3.63) is 56.8 Å². The molecule has 0 unspecified atom stereocenters. The number of hydrazone groups is 1. The van der Waals surface area contributed by atoms with Gasteiger partial charge in [-0.05, 0) is 19.1 Å². The molecule has 3 aromatic rings. The largest absolute Gasteiger partial charge is 0.358 e. The van der Waals surface area contributed by atoms with Crippen molar-refractivity contribution in [1.82, 2.24) is 9.97 Å². The average molecular weight is 354 g/mol. The van der Waals surface area contributed by atoms with Crippen LogP contribution in [0, 0.1) is 6.92 Å². The van der Waals surface area contributed by atoms with E-state index in [0.717, 1.165) is 22.2 Å². The summed E-state index contributed by atoms with van der Waals surface area (Å²) in [6.07, 6.45) is 1.72. The smallest absolute Gasteiger partial charge is 0.166 e. The molecule has 3 rings (SSSR count). The van der Waals surface area contributed by atoms with E-state index in [1.165, 1.54) is 6.07 Å². The molecule has 0 aliphatic heterocycles. The zero-order valence-electron chi connectivity index (χ0n) is 11.5. The van der Waals surface area contributed by atoms with E-state index in [1.54, 1.807) is 6.21 Å². The summed E-state index contributed by atoms with van der Waals surface area (Å²) in [5, 5.41) is 6.10. The molecule has 0 amide bonds. The maximum absolute atomic E-state index is 6.04. The van der Waals surface area contributed by atoms with E-state index < -0.39 is 0 Å². The number of pyridine rings is 1. The molecule has 0 fully saturated rings. The SMILES string of the molecule is Cc1[nH]c2ccccc2c1/C=N/Nc1nc(Cl)c(Cl)cc1Cl.